The predicted octanol–water partition coefficient (Wildman–Crippen LogP) is -0.665. The minimum atomic E-state index is -3.88. The van der Waals surface area contributed by atoms with Crippen LogP contribution in [0.25, 0.3) is 0 Å². The first-order valence-corrected chi connectivity index (χ1v) is 4.89. The van der Waals surface area contributed by atoms with E-state index in [-0.39, 0.29) is 0 Å². The van der Waals surface area contributed by atoms with Gasteiger partial charge in [0.05, 0.1) is 0 Å². The van der Waals surface area contributed by atoms with E-state index in [1.807, 2.05) is 0 Å². The SMILES string of the molecule is O=C(O)CS(=O)(=O)c1ncccn1. The average Bonchev–Trinajstić information content (AvgIpc) is 2.04. The Labute approximate surface area is 74.2 Å². The van der Waals surface area contributed by atoms with Crippen LogP contribution in [0.3, 0.4) is 0 Å². The quantitative estimate of drug-likeness (QED) is 0.653. The Hall–Kier alpha value is -1.50. The molecular weight excluding hydrogens is 196 g/mol. The Morgan fingerprint density at radius 3 is 2.38 bits per heavy atom. The maximum Gasteiger partial charge on any atom is 0.319 e. The molecule has 0 spiro atoms. The van der Waals surface area contributed by atoms with Gasteiger partial charge < -0.3 is 5.11 Å². The molecule has 13 heavy (non-hydrogen) atoms. The lowest BCUT2D eigenvalue weighted by molar-refractivity contribution is -0.134. The number of sulfone groups is 1. The van der Waals surface area contributed by atoms with Crippen molar-refractivity contribution in [2.45, 2.75) is 5.16 Å². The van der Waals surface area contributed by atoms with E-state index >= 15 is 0 Å². The van der Waals surface area contributed by atoms with Crippen molar-refractivity contribution < 1.29 is 18.3 Å². The van der Waals surface area contributed by atoms with Gasteiger partial charge in [0.15, 0.2) is 5.75 Å². The van der Waals surface area contributed by atoms with E-state index in [0.717, 1.165) is 0 Å². The lowest BCUT2D eigenvalue weighted by Gasteiger charge is -1.96. The number of nitrogens with zero attached hydrogens (tertiary/aromatic N) is 2. The van der Waals surface area contributed by atoms with Gasteiger partial charge in [-0.2, -0.15) is 0 Å². The van der Waals surface area contributed by atoms with Gasteiger partial charge in [-0.1, -0.05) is 0 Å². The third kappa shape index (κ3) is 2.48. The first-order chi connectivity index (χ1) is 6.02. The van der Waals surface area contributed by atoms with Gasteiger partial charge in [0.2, 0.25) is 15.0 Å². The van der Waals surface area contributed by atoms with E-state index in [1.165, 1.54) is 18.5 Å². The van der Waals surface area contributed by atoms with Gasteiger partial charge in [-0.05, 0) is 6.07 Å². The highest BCUT2D eigenvalue weighted by molar-refractivity contribution is 7.91. The standard InChI is InChI=1S/C6H6N2O4S/c9-5(10)4-13(11,12)6-7-2-1-3-8-6/h1-3H,4H2,(H,9,10). The molecule has 0 unspecified atom stereocenters. The van der Waals surface area contributed by atoms with Crippen LogP contribution in [-0.2, 0) is 14.6 Å². The van der Waals surface area contributed by atoms with E-state index in [4.69, 9.17) is 5.11 Å². The van der Waals surface area contributed by atoms with Crippen LogP contribution in [0, 0.1) is 0 Å². The monoisotopic (exact) mass is 202 g/mol. The molecule has 1 N–H and O–H groups in total. The van der Waals surface area contributed by atoms with Crippen molar-refractivity contribution in [1.82, 2.24) is 9.97 Å². The van der Waals surface area contributed by atoms with Gasteiger partial charge in [0.1, 0.15) is 0 Å². The Balaban J connectivity index is 3.02. The zero-order chi connectivity index (χ0) is 9.90. The topological polar surface area (TPSA) is 97.2 Å². The van der Waals surface area contributed by atoms with Crippen molar-refractivity contribution in [2.75, 3.05) is 5.75 Å². The van der Waals surface area contributed by atoms with Crippen LogP contribution in [0.2, 0.25) is 0 Å². The second-order valence-electron chi connectivity index (χ2n) is 2.18. The Kier molecular flexibility index (Phi) is 2.57. The number of hydrogen-bond donors (Lipinski definition) is 1. The fourth-order valence-electron chi connectivity index (χ4n) is 0.673. The summed E-state index contributed by atoms with van der Waals surface area (Å²) in [6.07, 6.45) is 2.48. The van der Waals surface area contributed by atoms with E-state index in [2.05, 4.69) is 9.97 Å². The molecule has 1 rings (SSSR count). The minimum Gasteiger partial charge on any atom is -0.480 e. The molecule has 0 aliphatic rings. The van der Waals surface area contributed by atoms with Gasteiger partial charge in [-0.3, -0.25) is 4.79 Å². The Morgan fingerprint density at radius 1 is 1.38 bits per heavy atom. The van der Waals surface area contributed by atoms with Crippen molar-refractivity contribution in [1.29, 1.82) is 0 Å². The fourth-order valence-corrected chi connectivity index (χ4v) is 1.57. The van der Waals surface area contributed by atoms with Crippen molar-refractivity contribution in [3.63, 3.8) is 0 Å². The number of carboxylic acid groups (broad SMARTS) is 1. The molecule has 0 aromatic carbocycles. The van der Waals surface area contributed by atoms with Crippen LogP contribution in [-0.4, -0.2) is 35.2 Å². The van der Waals surface area contributed by atoms with Crippen LogP contribution in [0.4, 0.5) is 0 Å². The third-order valence-electron chi connectivity index (χ3n) is 1.13. The maximum absolute atomic E-state index is 11.1. The molecule has 0 aliphatic carbocycles. The molecule has 7 heteroatoms. The minimum absolute atomic E-state index is 0.461. The molecule has 1 heterocycles. The predicted molar refractivity (Wildman–Crippen MR) is 41.7 cm³/mol. The van der Waals surface area contributed by atoms with Crippen LogP contribution in [0.15, 0.2) is 23.6 Å². The van der Waals surface area contributed by atoms with Crippen molar-refractivity contribution in [3.05, 3.63) is 18.5 Å². The highest BCUT2D eigenvalue weighted by Crippen LogP contribution is 2.01. The van der Waals surface area contributed by atoms with E-state index in [1.54, 1.807) is 0 Å². The molecule has 0 radical (unpaired) electrons. The second kappa shape index (κ2) is 3.48. The van der Waals surface area contributed by atoms with Crippen LogP contribution in [0.1, 0.15) is 0 Å². The first kappa shape index (κ1) is 9.59. The van der Waals surface area contributed by atoms with E-state index in [0.29, 0.717) is 0 Å². The molecule has 0 amide bonds. The number of carboxylic acids is 1. The van der Waals surface area contributed by atoms with Crippen molar-refractivity contribution >= 4 is 15.8 Å². The second-order valence-corrected chi connectivity index (χ2v) is 4.07. The van der Waals surface area contributed by atoms with E-state index < -0.39 is 26.7 Å². The summed E-state index contributed by atoms with van der Waals surface area (Å²) in [5, 5.41) is 7.81. The summed E-state index contributed by atoms with van der Waals surface area (Å²) < 4.78 is 22.3. The molecule has 0 saturated heterocycles. The third-order valence-corrected chi connectivity index (χ3v) is 2.53. The lowest BCUT2D eigenvalue weighted by atomic mass is 10.7. The van der Waals surface area contributed by atoms with Gasteiger partial charge in [-0.15, -0.1) is 0 Å². The zero-order valence-electron chi connectivity index (χ0n) is 6.41. The maximum atomic E-state index is 11.1. The summed E-state index contributed by atoms with van der Waals surface area (Å²) in [7, 11) is -3.88. The summed E-state index contributed by atoms with van der Waals surface area (Å²) in [6.45, 7) is 0. The van der Waals surface area contributed by atoms with Crippen molar-refractivity contribution in [3.8, 4) is 0 Å². The molecule has 0 fully saturated rings. The van der Waals surface area contributed by atoms with Gasteiger partial charge >= 0.3 is 5.97 Å². The van der Waals surface area contributed by atoms with Crippen LogP contribution < -0.4 is 0 Å². The molecule has 70 valence electrons. The molecule has 1 aromatic rings. The van der Waals surface area contributed by atoms with Gasteiger partial charge in [0.25, 0.3) is 0 Å². The number of carbonyl (C=O) groups is 1. The number of rotatable bonds is 3. The van der Waals surface area contributed by atoms with Gasteiger partial charge in [-0.25, -0.2) is 18.4 Å². The number of aromatic nitrogens is 2. The average molecular weight is 202 g/mol. The molecule has 0 bridgehead atoms. The van der Waals surface area contributed by atoms with Crippen LogP contribution >= 0.6 is 0 Å². The first-order valence-electron chi connectivity index (χ1n) is 3.24. The molecule has 1 aromatic heterocycles. The smallest absolute Gasteiger partial charge is 0.319 e. The summed E-state index contributed by atoms with van der Waals surface area (Å²) in [6, 6.07) is 1.44. The van der Waals surface area contributed by atoms with Crippen molar-refractivity contribution in [2.24, 2.45) is 0 Å². The number of aliphatic carboxylic acids is 1. The van der Waals surface area contributed by atoms with Gasteiger partial charge in [0, 0.05) is 12.4 Å². The lowest BCUT2D eigenvalue weighted by Crippen LogP contribution is -2.17. The Morgan fingerprint density at radius 2 is 1.92 bits per heavy atom. The molecule has 0 atom stereocenters. The molecule has 0 saturated carbocycles. The summed E-state index contributed by atoms with van der Waals surface area (Å²) in [5.41, 5.74) is 0. The summed E-state index contributed by atoms with van der Waals surface area (Å²) in [4.78, 5) is 17.0. The van der Waals surface area contributed by atoms with Crippen LogP contribution in [0.5, 0.6) is 0 Å². The summed E-state index contributed by atoms with van der Waals surface area (Å²) >= 11 is 0. The molecule has 0 aliphatic heterocycles. The molecule has 6 nitrogen and oxygen atoms in total. The summed E-state index contributed by atoms with van der Waals surface area (Å²) in [5.74, 6) is -2.41. The Bertz CT molecular complexity index is 400. The number of hydrogen-bond acceptors (Lipinski definition) is 5. The van der Waals surface area contributed by atoms with E-state index in [9.17, 15) is 13.2 Å². The highest BCUT2D eigenvalue weighted by atomic mass is 32.2. The zero-order valence-corrected chi connectivity index (χ0v) is 7.23. The normalized spacial score (nSPS) is 11.1. The largest absolute Gasteiger partial charge is 0.480 e. The molecular formula is C6H6N2O4S. The fraction of sp³-hybridized carbons (Fsp3) is 0.167. The highest BCUT2D eigenvalue weighted by Gasteiger charge is 2.20.